The Labute approximate surface area is 121 Å². The van der Waals surface area contributed by atoms with Crippen LogP contribution in [-0.2, 0) is 6.42 Å². The SMILES string of the molecule is O=C(O)c1ccccc1C1CCc2cc(Cl)ccc2O1. The van der Waals surface area contributed by atoms with Gasteiger partial charge in [-0.1, -0.05) is 29.8 Å². The molecule has 102 valence electrons. The summed E-state index contributed by atoms with van der Waals surface area (Å²) in [7, 11) is 0. The van der Waals surface area contributed by atoms with Crippen LogP contribution in [0.4, 0.5) is 0 Å². The predicted octanol–water partition coefficient (Wildman–Crippen LogP) is 4.10. The van der Waals surface area contributed by atoms with Gasteiger partial charge in [-0.2, -0.15) is 0 Å². The quantitative estimate of drug-likeness (QED) is 0.905. The Kier molecular flexibility index (Phi) is 3.36. The molecule has 3 nitrogen and oxygen atoms in total. The number of benzene rings is 2. The predicted molar refractivity (Wildman–Crippen MR) is 76.5 cm³/mol. The van der Waals surface area contributed by atoms with Crippen molar-refractivity contribution in [1.29, 1.82) is 0 Å². The molecule has 4 heteroatoms. The van der Waals surface area contributed by atoms with E-state index < -0.39 is 5.97 Å². The third-order valence-corrected chi connectivity index (χ3v) is 3.74. The lowest BCUT2D eigenvalue weighted by Crippen LogP contribution is -2.18. The fraction of sp³-hybridized carbons (Fsp3) is 0.188. The summed E-state index contributed by atoms with van der Waals surface area (Å²) in [6, 6.07) is 12.5. The van der Waals surface area contributed by atoms with Gasteiger partial charge in [0.05, 0.1) is 5.56 Å². The molecule has 0 bridgehead atoms. The maximum atomic E-state index is 11.3. The first kappa shape index (κ1) is 13.0. The summed E-state index contributed by atoms with van der Waals surface area (Å²) in [6.45, 7) is 0. The number of aryl methyl sites for hydroxylation is 1. The largest absolute Gasteiger partial charge is 0.485 e. The van der Waals surface area contributed by atoms with Crippen LogP contribution in [0.25, 0.3) is 0 Å². The van der Waals surface area contributed by atoms with E-state index in [9.17, 15) is 9.90 Å². The number of carbonyl (C=O) groups is 1. The molecule has 0 aromatic heterocycles. The second-order valence-electron chi connectivity index (χ2n) is 4.79. The molecule has 0 saturated heterocycles. The number of aromatic carboxylic acids is 1. The number of hydrogen-bond acceptors (Lipinski definition) is 2. The van der Waals surface area contributed by atoms with Gasteiger partial charge in [-0.05, 0) is 42.7 Å². The van der Waals surface area contributed by atoms with Crippen molar-refractivity contribution in [2.75, 3.05) is 0 Å². The van der Waals surface area contributed by atoms with Gasteiger partial charge >= 0.3 is 5.97 Å². The zero-order valence-electron chi connectivity index (χ0n) is 10.7. The van der Waals surface area contributed by atoms with Crippen molar-refractivity contribution >= 4 is 17.6 Å². The van der Waals surface area contributed by atoms with Crippen molar-refractivity contribution in [3.05, 3.63) is 64.2 Å². The number of ether oxygens (including phenoxy) is 1. The van der Waals surface area contributed by atoms with Gasteiger partial charge in [0.1, 0.15) is 11.9 Å². The van der Waals surface area contributed by atoms with Gasteiger partial charge < -0.3 is 9.84 Å². The fourth-order valence-corrected chi connectivity index (χ4v) is 2.74. The number of halogens is 1. The molecule has 0 amide bonds. The molecule has 0 saturated carbocycles. The summed E-state index contributed by atoms with van der Waals surface area (Å²) in [6.07, 6.45) is 1.35. The third-order valence-electron chi connectivity index (χ3n) is 3.51. The lowest BCUT2D eigenvalue weighted by Gasteiger charge is -2.27. The summed E-state index contributed by atoms with van der Waals surface area (Å²) in [5.41, 5.74) is 2.09. The van der Waals surface area contributed by atoms with Crippen LogP contribution in [0, 0.1) is 0 Å². The Hall–Kier alpha value is -2.00. The van der Waals surface area contributed by atoms with E-state index in [4.69, 9.17) is 16.3 Å². The van der Waals surface area contributed by atoms with Gasteiger partial charge in [0.2, 0.25) is 0 Å². The number of fused-ring (bicyclic) bond motifs is 1. The Bertz CT molecular complexity index is 667. The summed E-state index contributed by atoms with van der Waals surface area (Å²) in [5, 5.41) is 9.95. The van der Waals surface area contributed by atoms with E-state index >= 15 is 0 Å². The number of rotatable bonds is 2. The molecule has 0 radical (unpaired) electrons. The van der Waals surface area contributed by atoms with E-state index in [0.717, 1.165) is 29.7 Å². The standard InChI is InChI=1S/C16H13ClO3/c17-11-6-8-14-10(9-11)5-7-15(20-14)12-3-1-2-4-13(12)16(18)19/h1-4,6,8-9,15H,5,7H2,(H,18,19). The van der Waals surface area contributed by atoms with E-state index in [-0.39, 0.29) is 6.10 Å². The Morgan fingerprint density at radius 2 is 2.05 bits per heavy atom. The normalized spacial score (nSPS) is 17.1. The summed E-state index contributed by atoms with van der Waals surface area (Å²) in [4.78, 5) is 11.3. The lowest BCUT2D eigenvalue weighted by atomic mass is 9.94. The average molecular weight is 289 g/mol. The number of carboxylic acid groups (broad SMARTS) is 1. The molecule has 2 aromatic carbocycles. The molecule has 1 unspecified atom stereocenters. The van der Waals surface area contributed by atoms with E-state index in [1.807, 2.05) is 24.3 Å². The Balaban J connectivity index is 1.95. The molecular weight excluding hydrogens is 276 g/mol. The highest BCUT2D eigenvalue weighted by atomic mass is 35.5. The minimum absolute atomic E-state index is 0.226. The average Bonchev–Trinajstić information content (AvgIpc) is 2.46. The molecule has 2 aromatic rings. The van der Waals surface area contributed by atoms with Crippen molar-refractivity contribution in [2.45, 2.75) is 18.9 Å². The lowest BCUT2D eigenvalue weighted by molar-refractivity contribution is 0.0689. The highest BCUT2D eigenvalue weighted by molar-refractivity contribution is 6.30. The van der Waals surface area contributed by atoms with E-state index in [1.165, 1.54) is 0 Å². The molecule has 1 aliphatic rings. The van der Waals surface area contributed by atoms with Crippen molar-refractivity contribution in [1.82, 2.24) is 0 Å². The van der Waals surface area contributed by atoms with Crippen molar-refractivity contribution < 1.29 is 14.6 Å². The summed E-state index contributed by atoms with van der Waals surface area (Å²) >= 11 is 5.96. The van der Waals surface area contributed by atoms with Crippen LogP contribution in [0.15, 0.2) is 42.5 Å². The molecule has 0 aliphatic carbocycles. The van der Waals surface area contributed by atoms with E-state index in [2.05, 4.69) is 0 Å². The first-order valence-corrected chi connectivity index (χ1v) is 6.80. The maximum absolute atomic E-state index is 11.3. The van der Waals surface area contributed by atoms with Crippen LogP contribution in [0.5, 0.6) is 5.75 Å². The van der Waals surface area contributed by atoms with Crippen LogP contribution in [0.2, 0.25) is 5.02 Å². The van der Waals surface area contributed by atoms with Gasteiger partial charge in [0, 0.05) is 10.6 Å². The Morgan fingerprint density at radius 1 is 1.25 bits per heavy atom. The first-order chi connectivity index (χ1) is 9.65. The van der Waals surface area contributed by atoms with Gasteiger partial charge in [-0.25, -0.2) is 4.79 Å². The third kappa shape index (κ3) is 2.37. The van der Waals surface area contributed by atoms with Gasteiger partial charge in [0.25, 0.3) is 0 Å². The van der Waals surface area contributed by atoms with Crippen LogP contribution >= 0.6 is 11.6 Å². The number of hydrogen-bond donors (Lipinski definition) is 1. The second kappa shape index (κ2) is 5.17. The van der Waals surface area contributed by atoms with Crippen LogP contribution in [0.1, 0.15) is 34.0 Å². The zero-order valence-corrected chi connectivity index (χ0v) is 11.4. The Morgan fingerprint density at radius 3 is 2.85 bits per heavy atom. The molecule has 1 atom stereocenters. The summed E-state index contributed by atoms with van der Waals surface area (Å²) in [5.74, 6) is -0.142. The van der Waals surface area contributed by atoms with Crippen LogP contribution in [0.3, 0.4) is 0 Å². The monoisotopic (exact) mass is 288 g/mol. The van der Waals surface area contributed by atoms with Crippen LogP contribution in [-0.4, -0.2) is 11.1 Å². The number of carboxylic acids is 1. The molecule has 20 heavy (non-hydrogen) atoms. The smallest absolute Gasteiger partial charge is 0.336 e. The van der Waals surface area contributed by atoms with Gasteiger partial charge in [0.15, 0.2) is 0 Å². The second-order valence-corrected chi connectivity index (χ2v) is 5.23. The minimum Gasteiger partial charge on any atom is -0.485 e. The maximum Gasteiger partial charge on any atom is 0.336 e. The van der Waals surface area contributed by atoms with E-state index in [0.29, 0.717) is 10.6 Å². The van der Waals surface area contributed by atoms with Crippen LogP contribution < -0.4 is 4.74 Å². The molecular formula is C16H13ClO3. The molecule has 1 N–H and O–H groups in total. The summed E-state index contributed by atoms with van der Waals surface area (Å²) < 4.78 is 5.94. The zero-order chi connectivity index (χ0) is 14.1. The van der Waals surface area contributed by atoms with Crippen molar-refractivity contribution in [2.24, 2.45) is 0 Å². The highest BCUT2D eigenvalue weighted by Gasteiger charge is 2.25. The molecule has 1 aliphatic heterocycles. The van der Waals surface area contributed by atoms with Crippen molar-refractivity contribution in [3.63, 3.8) is 0 Å². The molecule has 1 heterocycles. The van der Waals surface area contributed by atoms with Gasteiger partial charge in [-0.15, -0.1) is 0 Å². The van der Waals surface area contributed by atoms with E-state index in [1.54, 1.807) is 18.2 Å². The molecule has 3 rings (SSSR count). The fourth-order valence-electron chi connectivity index (χ4n) is 2.55. The van der Waals surface area contributed by atoms with Gasteiger partial charge in [-0.3, -0.25) is 0 Å². The first-order valence-electron chi connectivity index (χ1n) is 6.42. The molecule has 0 fully saturated rings. The minimum atomic E-state index is -0.925. The molecule has 0 spiro atoms. The van der Waals surface area contributed by atoms with Crippen molar-refractivity contribution in [3.8, 4) is 5.75 Å². The highest BCUT2D eigenvalue weighted by Crippen LogP contribution is 2.37. The topological polar surface area (TPSA) is 46.5 Å².